The number of carboxylic acid groups (broad SMARTS) is 1. The van der Waals surface area contributed by atoms with Crippen molar-refractivity contribution < 1.29 is 33.6 Å². The molecule has 3 atom stereocenters. The van der Waals surface area contributed by atoms with E-state index in [1.807, 2.05) is 0 Å². The van der Waals surface area contributed by atoms with Gasteiger partial charge in [0.25, 0.3) is 0 Å². The molecule has 32 heavy (non-hydrogen) atoms. The lowest BCUT2D eigenvalue weighted by Crippen LogP contribution is -2.40. The molecule has 2 aromatic carbocycles. The Morgan fingerprint density at radius 2 is 1.69 bits per heavy atom. The molecule has 0 saturated carbocycles. The van der Waals surface area contributed by atoms with Gasteiger partial charge in [-0.15, -0.1) is 0 Å². The van der Waals surface area contributed by atoms with Crippen LogP contribution in [0.2, 0.25) is 0 Å². The van der Waals surface area contributed by atoms with Gasteiger partial charge < -0.3 is 28.8 Å². The van der Waals surface area contributed by atoms with Crippen molar-refractivity contribution in [2.24, 2.45) is 5.92 Å². The highest BCUT2D eigenvalue weighted by Crippen LogP contribution is 2.48. The maximum Gasteiger partial charge on any atom is 0.410 e. The largest absolute Gasteiger partial charge is 0.550 e. The highest BCUT2D eigenvalue weighted by molar-refractivity contribution is 5.76. The SMILES string of the molecule is COc1ccc(C2C(C(=O)[O-])C(c3ccc4c(c3)OCO4)CN2C(=O)OC(C)(C)C)cc1. The molecule has 3 unspecified atom stereocenters. The summed E-state index contributed by atoms with van der Waals surface area (Å²) >= 11 is 0. The zero-order chi connectivity index (χ0) is 23.0. The van der Waals surface area contributed by atoms with Gasteiger partial charge >= 0.3 is 6.09 Å². The molecule has 2 aliphatic rings. The summed E-state index contributed by atoms with van der Waals surface area (Å²) in [4.78, 5) is 27.0. The van der Waals surface area contributed by atoms with E-state index in [1.165, 1.54) is 4.90 Å². The molecule has 1 saturated heterocycles. The van der Waals surface area contributed by atoms with E-state index in [9.17, 15) is 14.7 Å². The van der Waals surface area contributed by atoms with Crippen LogP contribution in [-0.2, 0) is 9.53 Å². The number of hydrogen-bond donors (Lipinski definition) is 0. The molecule has 1 amide bonds. The monoisotopic (exact) mass is 440 g/mol. The molecule has 1 fully saturated rings. The van der Waals surface area contributed by atoms with Crippen LogP contribution in [-0.4, -0.2) is 43.0 Å². The molecule has 2 heterocycles. The number of likely N-dealkylation sites (tertiary alicyclic amines) is 1. The van der Waals surface area contributed by atoms with Crippen LogP contribution in [0.4, 0.5) is 4.79 Å². The number of benzene rings is 2. The third kappa shape index (κ3) is 4.17. The Morgan fingerprint density at radius 1 is 1.03 bits per heavy atom. The number of carbonyl (C=O) groups is 2. The Morgan fingerprint density at radius 3 is 2.31 bits per heavy atom. The van der Waals surface area contributed by atoms with Crippen molar-refractivity contribution in [1.82, 2.24) is 4.90 Å². The van der Waals surface area contributed by atoms with Gasteiger partial charge in [0.05, 0.1) is 13.2 Å². The summed E-state index contributed by atoms with van der Waals surface area (Å²) in [6.07, 6.45) is -0.576. The summed E-state index contributed by atoms with van der Waals surface area (Å²) in [5.41, 5.74) is 0.664. The Bertz CT molecular complexity index is 1010. The van der Waals surface area contributed by atoms with Gasteiger partial charge in [0, 0.05) is 24.3 Å². The quantitative estimate of drug-likeness (QED) is 0.721. The maximum atomic E-state index is 13.1. The number of aliphatic carboxylic acids is 1. The highest BCUT2D eigenvalue weighted by Gasteiger charge is 2.47. The maximum absolute atomic E-state index is 13.1. The molecule has 0 aliphatic carbocycles. The van der Waals surface area contributed by atoms with Crippen molar-refractivity contribution in [2.75, 3.05) is 20.4 Å². The molecule has 2 aliphatic heterocycles. The number of methoxy groups -OCH3 is 1. The van der Waals surface area contributed by atoms with Crippen molar-refractivity contribution in [3.8, 4) is 17.2 Å². The van der Waals surface area contributed by atoms with Crippen LogP contribution in [0.5, 0.6) is 17.2 Å². The van der Waals surface area contributed by atoms with Crippen molar-refractivity contribution in [2.45, 2.75) is 38.3 Å². The lowest BCUT2D eigenvalue weighted by molar-refractivity contribution is -0.312. The lowest BCUT2D eigenvalue weighted by Gasteiger charge is -2.31. The first-order valence-electron chi connectivity index (χ1n) is 10.4. The molecule has 8 nitrogen and oxygen atoms in total. The molecule has 0 aromatic heterocycles. The van der Waals surface area contributed by atoms with E-state index in [1.54, 1.807) is 70.3 Å². The van der Waals surface area contributed by atoms with Crippen LogP contribution in [0, 0.1) is 5.92 Å². The van der Waals surface area contributed by atoms with Crippen molar-refractivity contribution in [3.63, 3.8) is 0 Å². The normalized spacial score (nSPS) is 22.0. The smallest absolute Gasteiger partial charge is 0.410 e. The Labute approximate surface area is 186 Å². The van der Waals surface area contributed by atoms with Crippen LogP contribution in [0.1, 0.15) is 43.9 Å². The van der Waals surface area contributed by atoms with E-state index in [2.05, 4.69) is 0 Å². The first-order chi connectivity index (χ1) is 15.2. The summed E-state index contributed by atoms with van der Waals surface area (Å²) in [7, 11) is 1.55. The molecule has 0 radical (unpaired) electrons. The fraction of sp³-hybridized carbons (Fsp3) is 0.417. The van der Waals surface area contributed by atoms with Gasteiger partial charge in [-0.2, -0.15) is 0 Å². The fourth-order valence-electron chi connectivity index (χ4n) is 4.30. The topological polar surface area (TPSA) is 97.4 Å². The zero-order valence-electron chi connectivity index (χ0n) is 18.5. The van der Waals surface area contributed by atoms with E-state index in [-0.39, 0.29) is 13.3 Å². The molecular weight excluding hydrogens is 414 g/mol. The van der Waals surface area contributed by atoms with Gasteiger partial charge in [-0.05, 0) is 56.2 Å². The predicted molar refractivity (Wildman–Crippen MR) is 112 cm³/mol. The Balaban J connectivity index is 1.76. The fourth-order valence-corrected chi connectivity index (χ4v) is 4.30. The van der Waals surface area contributed by atoms with Crippen LogP contribution in [0.15, 0.2) is 42.5 Å². The minimum Gasteiger partial charge on any atom is -0.550 e. The molecule has 0 N–H and O–H groups in total. The molecule has 170 valence electrons. The predicted octanol–water partition coefficient (Wildman–Crippen LogP) is 2.87. The molecule has 4 rings (SSSR count). The Hall–Kier alpha value is -3.42. The van der Waals surface area contributed by atoms with E-state index >= 15 is 0 Å². The van der Waals surface area contributed by atoms with Gasteiger partial charge in [0.2, 0.25) is 6.79 Å². The standard InChI is InChI=1S/C24H27NO7/c1-24(2,3)32-23(28)25-12-17(15-7-10-18-19(11-15)31-13-30-18)20(22(26)27)21(25)14-5-8-16(29-4)9-6-14/h5-11,17,20-21H,12-13H2,1-4H3,(H,26,27)/p-1. The summed E-state index contributed by atoms with van der Waals surface area (Å²) < 4.78 is 21.7. The number of rotatable bonds is 4. The lowest BCUT2D eigenvalue weighted by atomic mass is 9.83. The highest BCUT2D eigenvalue weighted by atomic mass is 16.7. The van der Waals surface area contributed by atoms with Gasteiger partial charge in [-0.1, -0.05) is 18.2 Å². The van der Waals surface area contributed by atoms with E-state index in [0.29, 0.717) is 22.8 Å². The van der Waals surface area contributed by atoms with E-state index < -0.39 is 35.5 Å². The molecule has 0 spiro atoms. The second kappa shape index (κ2) is 8.26. The average molecular weight is 440 g/mol. The van der Waals surface area contributed by atoms with Crippen molar-refractivity contribution in [3.05, 3.63) is 53.6 Å². The van der Waals surface area contributed by atoms with Crippen LogP contribution >= 0.6 is 0 Å². The van der Waals surface area contributed by atoms with Crippen LogP contribution in [0.3, 0.4) is 0 Å². The molecule has 8 heteroatoms. The van der Waals surface area contributed by atoms with Gasteiger partial charge in [0.1, 0.15) is 11.4 Å². The van der Waals surface area contributed by atoms with Crippen LogP contribution in [0.25, 0.3) is 0 Å². The number of amides is 1. The summed E-state index contributed by atoms with van der Waals surface area (Å²) in [6, 6.07) is 11.6. The summed E-state index contributed by atoms with van der Waals surface area (Å²) in [5, 5.41) is 12.4. The minimum absolute atomic E-state index is 0.117. The zero-order valence-corrected chi connectivity index (χ0v) is 18.5. The number of carboxylic acids is 1. The second-order valence-corrected chi connectivity index (χ2v) is 8.91. The van der Waals surface area contributed by atoms with Crippen LogP contribution < -0.4 is 19.3 Å². The molecule has 0 bridgehead atoms. The van der Waals surface area contributed by atoms with E-state index in [4.69, 9.17) is 18.9 Å². The van der Waals surface area contributed by atoms with Gasteiger partial charge in [0.15, 0.2) is 11.5 Å². The summed E-state index contributed by atoms with van der Waals surface area (Å²) in [5.74, 6) is -0.957. The number of nitrogens with zero attached hydrogens (tertiary/aromatic N) is 1. The third-order valence-corrected chi connectivity index (χ3v) is 5.69. The van der Waals surface area contributed by atoms with E-state index in [0.717, 1.165) is 5.56 Å². The summed E-state index contributed by atoms with van der Waals surface area (Å²) in [6.45, 7) is 5.59. The average Bonchev–Trinajstić information content (AvgIpc) is 3.36. The first kappa shape index (κ1) is 21.8. The number of hydrogen-bond acceptors (Lipinski definition) is 7. The van der Waals surface area contributed by atoms with Crippen molar-refractivity contribution in [1.29, 1.82) is 0 Å². The number of fused-ring (bicyclic) bond motifs is 1. The van der Waals surface area contributed by atoms with Gasteiger partial charge in [-0.3, -0.25) is 4.90 Å². The number of ether oxygens (including phenoxy) is 4. The molecular formula is C24H26NO7-. The number of carbonyl (C=O) groups excluding carboxylic acids is 2. The van der Waals surface area contributed by atoms with Crippen molar-refractivity contribution >= 4 is 12.1 Å². The Kier molecular flexibility index (Phi) is 5.62. The molecule has 2 aromatic rings. The third-order valence-electron chi connectivity index (χ3n) is 5.69. The van der Waals surface area contributed by atoms with Gasteiger partial charge in [-0.25, -0.2) is 4.79 Å². The minimum atomic E-state index is -1.24. The first-order valence-corrected chi connectivity index (χ1v) is 10.4. The second-order valence-electron chi connectivity index (χ2n) is 8.91.